The van der Waals surface area contributed by atoms with Gasteiger partial charge >= 0.3 is 12.2 Å². The van der Waals surface area contributed by atoms with E-state index < -0.39 is 18.8 Å². The van der Waals surface area contributed by atoms with Crippen molar-refractivity contribution >= 4 is 23.0 Å². The van der Waals surface area contributed by atoms with Crippen LogP contribution < -0.4 is 16.0 Å². The second-order valence-electron chi connectivity index (χ2n) is 9.08. The summed E-state index contributed by atoms with van der Waals surface area (Å²) >= 11 is 0. The van der Waals surface area contributed by atoms with Crippen molar-refractivity contribution in [2.24, 2.45) is 0 Å². The zero-order chi connectivity index (χ0) is 25.8. The predicted octanol–water partition coefficient (Wildman–Crippen LogP) is 4.34. The molecule has 1 fully saturated rings. The maximum Gasteiger partial charge on any atom is 0.405 e. The number of morpholine rings is 1. The highest BCUT2D eigenvalue weighted by atomic mass is 19.4. The van der Waals surface area contributed by atoms with E-state index in [1.165, 1.54) is 5.56 Å². The smallest absolute Gasteiger partial charge is 0.379 e. The first-order valence-corrected chi connectivity index (χ1v) is 12.1. The Morgan fingerprint density at radius 2 is 1.86 bits per heavy atom. The van der Waals surface area contributed by atoms with Crippen LogP contribution in [0.5, 0.6) is 0 Å². The molecule has 1 unspecified atom stereocenters. The van der Waals surface area contributed by atoms with Gasteiger partial charge in [0.1, 0.15) is 12.7 Å². The summed E-state index contributed by atoms with van der Waals surface area (Å²) < 4.78 is 42.5. The summed E-state index contributed by atoms with van der Waals surface area (Å²) in [5.41, 5.74) is 5.63. The van der Waals surface area contributed by atoms with Crippen LogP contribution in [0.3, 0.4) is 0 Å². The van der Waals surface area contributed by atoms with Gasteiger partial charge in [0.15, 0.2) is 0 Å². The average Bonchev–Trinajstić information content (AvgIpc) is 3.31. The van der Waals surface area contributed by atoms with Crippen LogP contribution in [-0.4, -0.2) is 61.0 Å². The Balaban J connectivity index is 1.24. The van der Waals surface area contributed by atoms with Crippen molar-refractivity contribution < 1.29 is 22.7 Å². The molecular formula is C27H28F3N5O2. The highest BCUT2D eigenvalue weighted by Crippen LogP contribution is 2.33. The first-order valence-electron chi connectivity index (χ1n) is 12.1. The molecule has 2 aromatic rings. The van der Waals surface area contributed by atoms with E-state index in [1.807, 2.05) is 23.8 Å². The third kappa shape index (κ3) is 6.33. The van der Waals surface area contributed by atoms with Crippen LogP contribution in [0.25, 0.3) is 11.3 Å². The van der Waals surface area contributed by atoms with E-state index in [0.717, 1.165) is 55.2 Å². The van der Waals surface area contributed by atoms with Crippen LogP contribution in [0.1, 0.15) is 16.7 Å². The third-order valence-corrected chi connectivity index (χ3v) is 6.36. The summed E-state index contributed by atoms with van der Waals surface area (Å²) in [6.45, 7) is 2.94. The summed E-state index contributed by atoms with van der Waals surface area (Å²) in [5, 5.41) is 7.64. The Labute approximate surface area is 213 Å². The minimum absolute atomic E-state index is 0.0791. The number of alkyl halides is 3. The summed E-state index contributed by atoms with van der Waals surface area (Å²) in [6, 6.07) is 14.6. The molecule has 0 saturated carbocycles. The lowest BCUT2D eigenvalue weighted by molar-refractivity contribution is -0.122. The molecular weight excluding hydrogens is 483 g/mol. The molecule has 2 amide bonds. The molecule has 0 aromatic heterocycles. The number of urea groups is 1. The lowest BCUT2D eigenvalue weighted by Gasteiger charge is -2.28. The maximum atomic E-state index is 12.4. The van der Waals surface area contributed by atoms with E-state index in [2.05, 4.69) is 56.9 Å². The molecule has 3 aliphatic rings. The van der Waals surface area contributed by atoms with Crippen molar-refractivity contribution in [2.45, 2.75) is 18.9 Å². The number of nitrogens with zero attached hydrogens (tertiary/aromatic N) is 2. The van der Waals surface area contributed by atoms with E-state index in [0.29, 0.717) is 5.69 Å². The first-order chi connectivity index (χ1) is 17.8. The Bertz CT molecular complexity index is 1230. The lowest BCUT2D eigenvalue weighted by Crippen LogP contribution is -2.36. The van der Waals surface area contributed by atoms with E-state index >= 15 is 0 Å². The number of carbonyl (C=O) groups excluding carboxylic acids is 1. The number of rotatable bonds is 6. The average molecular weight is 512 g/mol. The van der Waals surface area contributed by atoms with Gasteiger partial charge < -0.3 is 25.6 Å². The van der Waals surface area contributed by atoms with Gasteiger partial charge in [-0.15, -0.1) is 0 Å². The minimum Gasteiger partial charge on any atom is -0.379 e. The maximum absolute atomic E-state index is 12.4. The standard InChI is InChI=1S/C27H28F3N5O2/c28-27(29,30)18-32-26(36)33-23-6-2-5-22(14-23)24-16-31-25-15-21(7-8-35(24)25)20-4-1-3-19(13-20)17-34-9-11-37-12-10-34/h1-8,13-16,25,31H,9-12,17-18H2,(H2,32,33,36). The number of ether oxygens (including phenoxy) is 1. The molecule has 37 heavy (non-hydrogen) atoms. The van der Waals surface area contributed by atoms with Gasteiger partial charge in [-0.25, -0.2) is 4.79 Å². The molecule has 1 saturated heterocycles. The van der Waals surface area contributed by atoms with Gasteiger partial charge in [-0.1, -0.05) is 30.3 Å². The third-order valence-electron chi connectivity index (χ3n) is 6.36. The SMILES string of the molecule is O=C(NCC(F)(F)F)Nc1cccc(C2=CNC3C=C(c4cccc(CN5CCOCC5)c4)C=CN23)c1. The molecule has 1 atom stereocenters. The van der Waals surface area contributed by atoms with Crippen LogP contribution in [0, 0.1) is 0 Å². The van der Waals surface area contributed by atoms with Gasteiger partial charge in [0, 0.05) is 43.3 Å². The molecule has 7 nitrogen and oxygen atoms in total. The monoisotopic (exact) mass is 511 g/mol. The fourth-order valence-electron chi connectivity index (χ4n) is 4.56. The largest absolute Gasteiger partial charge is 0.405 e. The van der Waals surface area contributed by atoms with Crippen molar-refractivity contribution in [2.75, 3.05) is 38.2 Å². The van der Waals surface area contributed by atoms with Gasteiger partial charge in [-0.05, 0) is 47.1 Å². The van der Waals surface area contributed by atoms with Crippen LogP contribution in [0.4, 0.5) is 23.7 Å². The number of amides is 2. The number of benzene rings is 2. The summed E-state index contributed by atoms with van der Waals surface area (Å²) in [4.78, 5) is 16.3. The van der Waals surface area contributed by atoms with Gasteiger partial charge in [0.2, 0.25) is 0 Å². The molecule has 3 heterocycles. The number of nitrogens with one attached hydrogen (secondary N) is 3. The van der Waals surface area contributed by atoms with Crippen molar-refractivity contribution in [3.05, 3.63) is 89.8 Å². The number of carbonyl (C=O) groups is 1. The van der Waals surface area contributed by atoms with Crippen molar-refractivity contribution in [1.29, 1.82) is 0 Å². The minimum atomic E-state index is -4.47. The molecule has 194 valence electrons. The van der Waals surface area contributed by atoms with Gasteiger partial charge in [0.25, 0.3) is 0 Å². The number of hydrogen-bond donors (Lipinski definition) is 3. The Kier molecular flexibility index (Phi) is 7.20. The van der Waals surface area contributed by atoms with Crippen LogP contribution in [-0.2, 0) is 11.3 Å². The molecule has 0 spiro atoms. The summed E-state index contributed by atoms with van der Waals surface area (Å²) in [5.74, 6) is 0. The summed E-state index contributed by atoms with van der Waals surface area (Å²) in [7, 11) is 0. The van der Waals surface area contributed by atoms with Crippen LogP contribution in [0.15, 0.2) is 73.1 Å². The van der Waals surface area contributed by atoms with Crippen LogP contribution >= 0.6 is 0 Å². The fourth-order valence-corrected chi connectivity index (χ4v) is 4.56. The normalized spacial score (nSPS) is 19.5. The summed E-state index contributed by atoms with van der Waals surface area (Å²) in [6.07, 6.45) is 3.58. The fraction of sp³-hybridized carbons (Fsp3) is 0.296. The lowest BCUT2D eigenvalue weighted by atomic mass is 9.99. The molecule has 0 aliphatic carbocycles. The van der Waals surface area contributed by atoms with E-state index in [9.17, 15) is 18.0 Å². The highest BCUT2D eigenvalue weighted by Gasteiger charge is 2.28. The van der Waals surface area contributed by atoms with Crippen molar-refractivity contribution in [1.82, 2.24) is 20.4 Å². The number of allylic oxidation sites excluding steroid dienone is 2. The van der Waals surface area contributed by atoms with E-state index in [4.69, 9.17) is 4.74 Å². The molecule has 0 bridgehead atoms. The van der Waals surface area contributed by atoms with Gasteiger partial charge in [-0.3, -0.25) is 4.90 Å². The van der Waals surface area contributed by atoms with Crippen molar-refractivity contribution in [3.63, 3.8) is 0 Å². The topological polar surface area (TPSA) is 68.9 Å². The number of halogens is 3. The first kappa shape index (κ1) is 24.9. The molecule has 0 radical (unpaired) electrons. The number of fused-ring (bicyclic) bond motifs is 1. The molecule has 5 rings (SSSR count). The zero-order valence-electron chi connectivity index (χ0n) is 20.1. The predicted molar refractivity (Wildman–Crippen MR) is 136 cm³/mol. The Hall–Kier alpha value is -3.76. The van der Waals surface area contributed by atoms with Gasteiger partial charge in [-0.2, -0.15) is 13.2 Å². The van der Waals surface area contributed by atoms with E-state index in [1.54, 1.807) is 18.2 Å². The second-order valence-corrected chi connectivity index (χ2v) is 9.08. The Morgan fingerprint density at radius 3 is 2.68 bits per heavy atom. The zero-order valence-corrected chi connectivity index (χ0v) is 20.1. The number of anilines is 1. The quantitative estimate of drug-likeness (QED) is 0.539. The number of hydrogen-bond acceptors (Lipinski definition) is 5. The molecule has 3 N–H and O–H groups in total. The van der Waals surface area contributed by atoms with Gasteiger partial charge in [0.05, 0.1) is 18.9 Å². The van der Waals surface area contributed by atoms with E-state index in [-0.39, 0.29) is 6.17 Å². The second kappa shape index (κ2) is 10.7. The van der Waals surface area contributed by atoms with Crippen LogP contribution in [0.2, 0.25) is 0 Å². The molecule has 3 aliphatic heterocycles. The molecule has 10 heteroatoms. The molecule has 2 aromatic carbocycles. The van der Waals surface area contributed by atoms with Crippen molar-refractivity contribution in [3.8, 4) is 0 Å². The highest BCUT2D eigenvalue weighted by molar-refractivity contribution is 5.90. The Morgan fingerprint density at radius 1 is 1.08 bits per heavy atom.